The topological polar surface area (TPSA) is 32.3 Å². The van der Waals surface area contributed by atoms with Gasteiger partial charge in [-0.1, -0.05) is 53.5 Å². The molecule has 0 radical (unpaired) electrons. The van der Waals surface area contributed by atoms with Crippen molar-refractivity contribution in [2.45, 2.75) is 67.7 Å². The Balaban J connectivity index is 2.42. The molecule has 0 saturated heterocycles. The SMILES string of the molecule is CCC(CC)CN1CCc2c(C)cc(C)c(NC(=O)C(C)(C)C)c21. The third kappa shape index (κ3) is 3.76. The van der Waals surface area contributed by atoms with Gasteiger partial charge in [0.05, 0.1) is 11.4 Å². The normalized spacial score (nSPS) is 14.2. The Morgan fingerprint density at radius 2 is 1.83 bits per heavy atom. The van der Waals surface area contributed by atoms with Gasteiger partial charge >= 0.3 is 0 Å². The van der Waals surface area contributed by atoms with Crippen LogP contribution in [0.1, 0.15) is 64.2 Å². The Bertz CT molecular complexity index is 609. The van der Waals surface area contributed by atoms with Crippen LogP contribution < -0.4 is 10.2 Å². The molecule has 0 saturated carbocycles. The Morgan fingerprint density at radius 1 is 1.21 bits per heavy atom. The van der Waals surface area contributed by atoms with Gasteiger partial charge in [0.15, 0.2) is 0 Å². The summed E-state index contributed by atoms with van der Waals surface area (Å²) in [5, 5.41) is 3.24. The summed E-state index contributed by atoms with van der Waals surface area (Å²) >= 11 is 0. The second kappa shape index (κ2) is 7.16. The maximum Gasteiger partial charge on any atom is 0.229 e. The van der Waals surface area contributed by atoms with Crippen LogP contribution in [0, 0.1) is 25.2 Å². The van der Waals surface area contributed by atoms with Gasteiger partial charge in [-0.15, -0.1) is 0 Å². The number of hydrogen-bond donors (Lipinski definition) is 1. The predicted octanol–water partition coefficient (Wildman–Crippen LogP) is 5.09. The highest BCUT2D eigenvalue weighted by atomic mass is 16.2. The molecule has 1 aliphatic heterocycles. The van der Waals surface area contributed by atoms with Crippen molar-refractivity contribution < 1.29 is 4.79 Å². The molecule has 0 aliphatic carbocycles. The molecule has 134 valence electrons. The molecule has 1 aromatic carbocycles. The molecule has 0 fully saturated rings. The first-order valence-electron chi connectivity index (χ1n) is 9.38. The number of carbonyl (C=O) groups excluding carboxylic acids is 1. The molecule has 3 nitrogen and oxygen atoms in total. The fraction of sp³-hybridized carbons (Fsp3) is 0.667. The minimum absolute atomic E-state index is 0.0889. The summed E-state index contributed by atoms with van der Waals surface area (Å²) in [5.74, 6) is 0.800. The smallest absolute Gasteiger partial charge is 0.229 e. The van der Waals surface area contributed by atoms with E-state index in [0.29, 0.717) is 5.92 Å². The van der Waals surface area contributed by atoms with Gasteiger partial charge in [-0.25, -0.2) is 0 Å². The van der Waals surface area contributed by atoms with E-state index in [2.05, 4.69) is 44.0 Å². The summed E-state index contributed by atoms with van der Waals surface area (Å²) in [6.45, 7) is 16.9. The molecule has 1 N–H and O–H groups in total. The summed E-state index contributed by atoms with van der Waals surface area (Å²) in [4.78, 5) is 15.1. The first-order chi connectivity index (χ1) is 11.2. The molecule has 1 aliphatic rings. The third-order valence-electron chi connectivity index (χ3n) is 5.33. The van der Waals surface area contributed by atoms with Gasteiger partial charge in [0.1, 0.15) is 0 Å². The van der Waals surface area contributed by atoms with E-state index in [-0.39, 0.29) is 11.3 Å². The standard InChI is InChI=1S/C21H34N2O/c1-8-16(9-2)13-23-11-10-17-14(3)12-15(4)18(19(17)23)22-20(24)21(5,6)7/h12,16H,8-11,13H2,1-7H3,(H,22,24). The fourth-order valence-electron chi connectivity index (χ4n) is 3.53. The van der Waals surface area contributed by atoms with Crippen molar-refractivity contribution in [3.8, 4) is 0 Å². The van der Waals surface area contributed by atoms with Crippen LogP contribution in [0.3, 0.4) is 0 Å². The number of rotatable bonds is 5. The number of hydrogen-bond acceptors (Lipinski definition) is 2. The lowest BCUT2D eigenvalue weighted by molar-refractivity contribution is -0.123. The lowest BCUT2D eigenvalue weighted by Gasteiger charge is -2.29. The quantitative estimate of drug-likeness (QED) is 0.816. The molecular weight excluding hydrogens is 296 g/mol. The van der Waals surface area contributed by atoms with E-state index < -0.39 is 0 Å². The minimum atomic E-state index is -0.386. The number of fused-ring (bicyclic) bond motifs is 1. The molecule has 1 aromatic rings. The van der Waals surface area contributed by atoms with Crippen molar-refractivity contribution in [1.82, 2.24) is 0 Å². The first kappa shape index (κ1) is 18.8. The van der Waals surface area contributed by atoms with Crippen LogP contribution in [0.5, 0.6) is 0 Å². The lowest BCUT2D eigenvalue weighted by Crippen LogP contribution is -2.31. The van der Waals surface area contributed by atoms with E-state index in [1.807, 2.05) is 20.8 Å². The van der Waals surface area contributed by atoms with E-state index in [4.69, 9.17) is 0 Å². The van der Waals surface area contributed by atoms with Crippen LogP contribution in [-0.4, -0.2) is 19.0 Å². The number of carbonyl (C=O) groups is 1. The number of aryl methyl sites for hydroxylation is 2. The van der Waals surface area contributed by atoms with Gasteiger partial charge in [0, 0.05) is 18.5 Å². The highest BCUT2D eigenvalue weighted by molar-refractivity contribution is 5.99. The number of amides is 1. The zero-order valence-corrected chi connectivity index (χ0v) is 16.5. The van der Waals surface area contributed by atoms with E-state index in [0.717, 1.165) is 25.2 Å². The van der Waals surface area contributed by atoms with Crippen molar-refractivity contribution >= 4 is 17.3 Å². The summed E-state index contributed by atoms with van der Waals surface area (Å²) < 4.78 is 0. The molecule has 1 amide bonds. The second-order valence-corrected chi connectivity index (χ2v) is 8.30. The summed E-state index contributed by atoms with van der Waals surface area (Å²) in [5.41, 5.74) is 5.85. The molecule has 2 rings (SSSR count). The Morgan fingerprint density at radius 3 is 2.38 bits per heavy atom. The third-order valence-corrected chi connectivity index (χ3v) is 5.33. The predicted molar refractivity (Wildman–Crippen MR) is 104 cm³/mol. The minimum Gasteiger partial charge on any atom is -0.369 e. The molecule has 0 aromatic heterocycles. The zero-order chi connectivity index (χ0) is 18.1. The number of nitrogens with zero attached hydrogens (tertiary/aromatic N) is 1. The van der Waals surface area contributed by atoms with Gasteiger partial charge in [-0.05, 0) is 42.9 Å². The summed E-state index contributed by atoms with van der Waals surface area (Å²) in [6, 6.07) is 2.22. The van der Waals surface area contributed by atoms with Crippen LogP contribution in [0.15, 0.2) is 6.07 Å². The summed E-state index contributed by atoms with van der Waals surface area (Å²) in [6.07, 6.45) is 3.49. The van der Waals surface area contributed by atoms with Gasteiger partial charge < -0.3 is 10.2 Å². The Kier molecular flexibility index (Phi) is 5.62. The lowest BCUT2D eigenvalue weighted by atomic mass is 9.94. The van der Waals surface area contributed by atoms with Crippen LogP contribution in [-0.2, 0) is 11.2 Å². The number of anilines is 2. The molecule has 0 atom stereocenters. The van der Waals surface area contributed by atoms with E-state index in [1.165, 1.54) is 35.2 Å². The molecule has 3 heteroatoms. The highest BCUT2D eigenvalue weighted by Crippen LogP contribution is 2.41. The average Bonchev–Trinajstić information content (AvgIpc) is 2.91. The van der Waals surface area contributed by atoms with Crippen LogP contribution >= 0.6 is 0 Å². The van der Waals surface area contributed by atoms with E-state index in [1.54, 1.807) is 0 Å². The van der Waals surface area contributed by atoms with Crippen molar-refractivity contribution in [1.29, 1.82) is 0 Å². The maximum absolute atomic E-state index is 12.6. The molecule has 24 heavy (non-hydrogen) atoms. The first-order valence-corrected chi connectivity index (χ1v) is 9.38. The van der Waals surface area contributed by atoms with Gasteiger partial charge in [-0.3, -0.25) is 4.79 Å². The fourth-order valence-corrected chi connectivity index (χ4v) is 3.53. The van der Waals surface area contributed by atoms with Crippen molar-refractivity contribution in [3.05, 3.63) is 22.8 Å². The number of benzene rings is 1. The van der Waals surface area contributed by atoms with Crippen LogP contribution in [0.4, 0.5) is 11.4 Å². The monoisotopic (exact) mass is 330 g/mol. The van der Waals surface area contributed by atoms with Crippen LogP contribution in [0.25, 0.3) is 0 Å². The average molecular weight is 331 g/mol. The van der Waals surface area contributed by atoms with Gasteiger partial charge in [0.25, 0.3) is 0 Å². The molecule has 0 unspecified atom stereocenters. The molecular formula is C21H34N2O. The van der Waals surface area contributed by atoms with Crippen LogP contribution in [0.2, 0.25) is 0 Å². The Hall–Kier alpha value is -1.51. The maximum atomic E-state index is 12.6. The van der Waals surface area contributed by atoms with Gasteiger partial charge in [-0.2, -0.15) is 0 Å². The van der Waals surface area contributed by atoms with Crippen molar-refractivity contribution in [2.75, 3.05) is 23.3 Å². The van der Waals surface area contributed by atoms with Gasteiger partial charge in [0.2, 0.25) is 5.91 Å². The highest BCUT2D eigenvalue weighted by Gasteiger charge is 2.29. The molecule has 0 spiro atoms. The van der Waals surface area contributed by atoms with Crippen molar-refractivity contribution in [3.63, 3.8) is 0 Å². The summed E-state index contributed by atoms with van der Waals surface area (Å²) in [7, 11) is 0. The van der Waals surface area contributed by atoms with E-state index in [9.17, 15) is 4.79 Å². The number of nitrogens with one attached hydrogen (secondary N) is 1. The second-order valence-electron chi connectivity index (χ2n) is 8.30. The molecule has 1 heterocycles. The largest absolute Gasteiger partial charge is 0.369 e. The van der Waals surface area contributed by atoms with Crippen molar-refractivity contribution in [2.24, 2.45) is 11.3 Å². The zero-order valence-electron chi connectivity index (χ0n) is 16.5. The van der Waals surface area contributed by atoms with E-state index >= 15 is 0 Å². The Labute approximate surface area is 147 Å². The molecule has 0 bridgehead atoms.